The summed E-state index contributed by atoms with van der Waals surface area (Å²) in [5.41, 5.74) is -0.772. The number of alkyl carbamates (subject to hydrolysis) is 1. The molecule has 1 atom stereocenters. The average molecular weight is 391 g/mol. The van der Waals surface area contributed by atoms with Crippen LogP contribution in [0.3, 0.4) is 0 Å². The van der Waals surface area contributed by atoms with Gasteiger partial charge in [-0.05, 0) is 32.9 Å². The third kappa shape index (κ3) is 9.70. The number of rotatable bonds is 5. The largest absolute Gasteiger partial charge is 0.490 e. The molecule has 9 heteroatoms. The van der Waals surface area contributed by atoms with Crippen molar-refractivity contribution in [1.82, 2.24) is 5.32 Å². The lowest BCUT2D eigenvalue weighted by Crippen LogP contribution is -2.40. The van der Waals surface area contributed by atoms with Crippen molar-refractivity contribution >= 4 is 6.09 Å². The second-order valence-electron chi connectivity index (χ2n) is 6.50. The summed E-state index contributed by atoms with van der Waals surface area (Å²) in [7, 11) is 0. The number of carbonyl (C=O) groups excluding carboxylic acids is 1. The fraction of sp³-hybridized carbons (Fsp3) is 0.500. The molecule has 0 spiro atoms. The molecular weight excluding hydrogens is 370 g/mol. The van der Waals surface area contributed by atoms with Gasteiger partial charge in [-0.2, -0.15) is 13.2 Å². The molecule has 0 aromatic heterocycles. The van der Waals surface area contributed by atoms with Crippen molar-refractivity contribution in [2.24, 2.45) is 0 Å². The molecule has 150 valence electrons. The Morgan fingerprint density at radius 1 is 1.30 bits per heavy atom. The molecule has 1 aromatic rings. The van der Waals surface area contributed by atoms with Gasteiger partial charge in [-0.3, -0.25) is 0 Å². The summed E-state index contributed by atoms with van der Waals surface area (Å²) in [6, 6.07) is 1.72. The van der Waals surface area contributed by atoms with E-state index in [0.717, 1.165) is 12.1 Å². The van der Waals surface area contributed by atoms with Crippen LogP contribution in [0.5, 0.6) is 5.75 Å². The molecule has 0 bridgehead atoms. The van der Waals surface area contributed by atoms with Crippen molar-refractivity contribution in [1.29, 1.82) is 0 Å². The van der Waals surface area contributed by atoms with Gasteiger partial charge in [0, 0.05) is 6.07 Å². The van der Waals surface area contributed by atoms with Crippen molar-refractivity contribution in [3.05, 3.63) is 29.6 Å². The van der Waals surface area contributed by atoms with E-state index in [0.29, 0.717) is 0 Å². The fourth-order valence-corrected chi connectivity index (χ4v) is 1.86. The highest BCUT2D eigenvalue weighted by molar-refractivity contribution is 5.68. The number of hydrogen-bond acceptors (Lipinski definition) is 4. The molecule has 1 rings (SSSR count). The van der Waals surface area contributed by atoms with E-state index in [1.54, 1.807) is 20.8 Å². The second-order valence-corrected chi connectivity index (χ2v) is 6.50. The maximum atomic E-state index is 13.3. The first kappa shape index (κ1) is 22.6. The number of aliphatic hydroxyl groups is 1. The number of aliphatic hydroxyl groups excluding tert-OH is 1. The molecule has 1 unspecified atom stereocenters. The van der Waals surface area contributed by atoms with E-state index in [-0.39, 0.29) is 24.5 Å². The van der Waals surface area contributed by atoms with Gasteiger partial charge >= 0.3 is 12.3 Å². The number of ether oxygens (including phenoxy) is 2. The minimum Gasteiger partial charge on any atom is -0.490 e. The molecule has 5 nitrogen and oxygen atoms in total. The van der Waals surface area contributed by atoms with E-state index in [1.165, 1.54) is 6.07 Å². The summed E-state index contributed by atoms with van der Waals surface area (Å²) in [6.45, 7) is 4.24. The summed E-state index contributed by atoms with van der Waals surface area (Å²) >= 11 is 0. The van der Waals surface area contributed by atoms with Gasteiger partial charge in [0.1, 0.15) is 29.8 Å². The number of benzene rings is 1. The Morgan fingerprint density at radius 2 is 1.96 bits per heavy atom. The maximum absolute atomic E-state index is 13.3. The van der Waals surface area contributed by atoms with Gasteiger partial charge in [0.25, 0.3) is 0 Å². The average Bonchev–Trinajstić information content (AvgIpc) is 2.48. The Labute approximate surface area is 154 Å². The predicted octanol–water partition coefficient (Wildman–Crippen LogP) is 3.39. The van der Waals surface area contributed by atoms with E-state index in [1.807, 2.05) is 0 Å². The van der Waals surface area contributed by atoms with Crippen molar-refractivity contribution in [2.45, 2.75) is 45.0 Å². The minimum atomic E-state index is -4.58. The molecule has 1 aromatic carbocycles. The number of carbonyl (C=O) groups is 1. The Balaban J connectivity index is 3.04. The molecule has 0 saturated carbocycles. The molecule has 0 fully saturated rings. The molecular formula is C18H21F4NO4. The van der Waals surface area contributed by atoms with Crippen LogP contribution in [-0.4, -0.2) is 42.2 Å². The van der Waals surface area contributed by atoms with Crippen molar-refractivity contribution in [2.75, 3.05) is 13.2 Å². The topological polar surface area (TPSA) is 67.8 Å². The van der Waals surface area contributed by atoms with Crippen LogP contribution in [0.25, 0.3) is 0 Å². The predicted molar refractivity (Wildman–Crippen MR) is 89.7 cm³/mol. The Hall–Kier alpha value is -2.47. The highest BCUT2D eigenvalue weighted by Crippen LogP contribution is 2.23. The summed E-state index contributed by atoms with van der Waals surface area (Å²) in [5.74, 6) is 4.08. The first-order valence-corrected chi connectivity index (χ1v) is 8.00. The van der Waals surface area contributed by atoms with Crippen molar-refractivity contribution < 1.29 is 36.9 Å². The summed E-state index contributed by atoms with van der Waals surface area (Å²) < 4.78 is 61.6. The Kier molecular flexibility index (Phi) is 7.91. The second kappa shape index (κ2) is 9.46. The monoisotopic (exact) mass is 391 g/mol. The van der Waals surface area contributed by atoms with Gasteiger partial charge < -0.3 is 19.9 Å². The summed E-state index contributed by atoms with van der Waals surface area (Å²) in [6.07, 6.45) is -7.01. The van der Waals surface area contributed by atoms with Gasteiger partial charge in [0.15, 0.2) is 0 Å². The highest BCUT2D eigenvalue weighted by atomic mass is 19.4. The molecule has 0 aliphatic heterocycles. The molecule has 0 radical (unpaired) electrons. The molecule has 2 N–H and O–H groups in total. The molecule has 27 heavy (non-hydrogen) atoms. The quantitative estimate of drug-likeness (QED) is 0.597. The summed E-state index contributed by atoms with van der Waals surface area (Å²) in [4.78, 5) is 11.7. The van der Waals surface area contributed by atoms with E-state index in [4.69, 9.17) is 14.6 Å². The van der Waals surface area contributed by atoms with Gasteiger partial charge in [-0.25, -0.2) is 9.18 Å². The van der Waals surface area contributed by atoms with Crippen LogP contribution in [0.1, 0.15) is 32.8 Å². The number of alkyl halides is 3. The van der Waals surface area contributed by atoms with Gasteiger partial charge in [0.05, 0.1) is 18.6 Å². The zero-order chi connectivity index (χ0) is 20.7. The lowest BCUT2D eigenvalue weighted by atomic mass is 10.1. The van der Waals surface area contributed by atoms with Crippen LogP contribution in [-0.2, 0) is 4.74 Å². The minimum absolute atomic E-state index is 0.0282. The van der Waals surface area contributed by atoms with Crippen LogP contribution in [0, 0.1) is 17.7 Å². The molecule has 0 aliphatic rings. The van der Waals surface area contributed by atoms with Crippen LogP contribution in [0.2, 0.25) is 0 Å². The third-order valence-electron chi connectivity index (χ3n) is 2.80. The van der Waals surface area contributed by atoms with E-state index >= 15 is 0 Å². The summed E-state index contributed by atoms with van der Waals surface area (Å²) in [5, 5.41) is 10.8. The van der Waals surface area contributed by atoms with Gasteiger partial charge in [-0.1, -0.05) is 11.8 Å². The normalized spacial score (nSPS) is 12.6. The number of halogens is 4. The van der Waals surface area contributed by atoms with Crippen LogP contribution >= 0.6 is 0 Å². The van der Waals surface area contributed by atoms with Crippen LogP contribution < -0.4 is 10.1 Å². The zero-order valence-corrected chi connectivity index (χ0v) is 15.1. The van der Waals surface area contributed by atoms with E-state index in [2.05, 4.69) is 17.2 Å². The van der Waals surface area contributed by atoms with Crippen LogP contribution in [0.15, 0.2) is 18.2 Å². The molecule has 0 aliphatic carbocycles. The van der Waals surface area contributed by atoms with Crippen LogP contribution in [0.4, 0.5) is 22.4 Å². The number of amides is 1. The molecule has 1 amide bonds. The first-order valence-electron chi connectivity index (χ1n) is 8.00. The number of hydrogen-bond donors (Lipinski definition) is 2. The lowest BCUT2D eigenvalue weighted by molar-refractivity contribution is -0.136. The first-order chi connectivity index (χ1) is 12.4. The van der Waals surface area contributed by atoms with E-state index in [9.17, 15) is 22.4 Å². The van der Waals surface area contributed by atoms with Gasteiger partial charge in [0.2, 0.25) is 0 Å². The smallest absolute Gasteiger partial charge is 0.408 e. The van der Waals surface area contributed by atoms with Gasteiger partial charge in [-0.15, -0.1) is 0 Å². The third-order valence-corrected chi connectivity index (χ3v) is 2.80. The zero-order valence-electron chi connectivity index (χ0n) is 15.1. The Bertz CT molecular complexity index is 702. The number of nitrogens with one attached hydrogen (secondary N) is 1. The lowest BCUT2D eigenvalue weighted by Gasteiger charge is -2.22. The van der Waals surface area contributed by atoms with Crippen molar-refractivity contribution in [3.8, 4) is 17.6 Å². The van der Waals surface area contributed by atoms with E-state index < -0.39 is 36.2 Å². The molecule has 0 heterocycles. The SMILES string of the molecule is CC(C)(C)OC(=O)NC(C#Cc1ccc(F)cc1OCCO)CC(F)(F)F. The standard InChI is InChI=1S/C18H21F4NO4/c1-17(2,3)27-16(25)23-14(11-18(20,21)22)7-5-12-4-6-13(19)10-15(12)26-9-8-24/h4,6,10,14,24H,8-9,11H2,1-3H3,(H,23,25). The van der Waals surface area contributed by atoms with Crippen molar-refractivity contribution in [3.63, 3.8) is 0 Å². The Morgan fingerprint density at radius 3 is 2.52 bits per heavy atom. The highest BCUT2D eigenvalue weighted by Gasteiger charge is 2.32. The maximum Gasteiger partial charge on any atom is 0.408 e. The fourth-order valence-electron chi connectivity index (χ4n) is 1.86. The molecule has 0 saturated heterocycles.